The number of hydrogen-bond donors (Lipinski definition) is 1. The molecule has 9 heteroatoms. The summed E-state index contributed by atoms with van der Waals surface area (Å²) in [6, 6.07) is 18.6. The zero-order valence-corrected chi connectivity index (χ0v) is 25.9. The normalized spacial score (nSPS) is 12.4. The Labute approximate surface area is 257 Å². The molecular weight excluding hydrogens is 573 g/mol. The monoisotopic (exact) mass is 612 g/mol. The van der Waals surface area contributed by atoms with Gasteiger partial charge in [-0.05, 0) is 60.2 Å². The van der Waals surface area contributed by atoms with Crippen molar-refractivity contribution in [1.29, 1.82) is 0 Å². The van der Waals surface area contributed by atoms with Gasteiger partial charge in [0.25, 0.3) is 5.56 Å². The Hall–Kier alpha value is -3.78. The van der Waals surface area contributed by atoms with Crippen molar-refractivity contribution in [3.8, 4) is 0 Å². The fourth-order valence-corrected chi connectivity index (χ4v) is 5.04. The molecule has 43 heavy (non-hydrogen) atoms. The number of halogens is 4. The molecule has 0 fully saturated rings. The Kier molecular flexibility index (Phi) is 12.7. The van der Waals surface area contributed by atoms with Gasteiger partial charge in [0.1, 0.15) is 0 Å². The average Bonchev–Trinajstić information content (AvgIpc) is 3.44. The molecule has 0 amide bonds. The van der Waals surface area contributed by atoms with E-state index in [0.717, 1.165) is 34.7 Å². The van der Waals surface area contributed by atoms with Crippen LogP contribution < -0.4 is 10.9 Å². The van der Waals surface area contributed by atoms with E-state index in [1.165, 1.54) is 34.3 Å². The third-order valence-electron chi connectivity index (χ3n) is 7.08. The largest absolute Gasteiger partial charge is 0.395 e. The van der Waals surface area contributed by atoms with Crippen molar-refractivity contribution in [2.75, 3.05) is 12.4 Å². The SMILES string of the molecule is CC/C=C(\CC)c1cc(Cl)ccc1NC.CCCC(c1cnn(Cc2ccc(Cn3ccccc3=O)cc2)c1)C(F)(F)F. The first-order valence-electron chi connectivity index (χ1n) is 14.6. The molecule has 0 aliphatic carbocycles. The minimum Gasteiger partial charge on any atom is -0.388 e. The van der Waals surface area contributed by atoms with Gasteiger partial charge in [0, 0.05) is 47.3 Å². The lowest BCUT2D eigenvalue weighted by molar-refractivity contribution is -0.152. The molecule has 4 aromatic rings. The van der Waals surface area contributed by atoms with E-state index < -0.39 is 12.1 Å². The van der Waals surface area contributed by atoms with Crippen molar-refractivity contribution >= 4 is 22.9 Å². The van der Waals surface area contributed by atoms with Gasteiger partial charge in [-0.15, -0.1) is 0 Å². The van der Waals surface area contributed by atoms with Crippen molar-refractivity contribution in [2.45, 2.75) is 71.6 Å². The number of benzene rings is 2. The summed E-state index contributed by atoms with van der Waals surface area (Å²) in [6.07, 6.45) is 5.11. The van der Waals surface area contributed by atoms with Crippen LogP contribution in [-0.4, -0.2) is 27.6 Å². The third kappa shape index (κ3) is 9.89. The van der Waals surface area contributed by atoms with Gasteiger partial charge < -0.3 is 9.88 Å². The fraction of sp³-hybridized carbons (Fsp3) is 0.353. The molecular formula is C34H40ClF3N4O. The molecule has 0 bridgehead atoms. The summed E-state index contributed by atoms with van der Waals surface area (Å²) in [5.41, 5.74) is 5.74. The average molecular weight is 613 g/mol. The highest BCUT2D eigenvalue weighted by Crippen LogP contribution is 2.38. The Bertz CT molecular complexity index is 1520. The third-order valence-corrected chi connectivity index (χ3v) is 7.31. The van der Waals surface area contributed by atoms with Crippen LogP contribution in [0.3, 0.4) is 0 Å². The van der Waals surface area contributed by atoms with Crippen LogP contribution >= 0.6 is 11.6 Å². The lowest BCUT2D eigenvalue weighted by atomic mass is 9.97. The molecule has 5 nitrogen and oxygen atoms in total. The first kappa shape index (κ1) is 33.7. The summed E-state index contributed by atoms with van der Waals surface area (Å²) in [4.78, 5) is 11.8. The minimum absolute atomic E-state index is 0.0583. The topological polar surface area (TPSA) is 51.9 Å². The molecule has 0 radical (unpaired) electrons. The summed E-state index contributed by atoms with van der Waals surface area (Å²) >= 11 is 6.02. The molecule has 1 unspecified atom stereocenters. The number of nitrogens with one attached hydrogen (secondary N) is 1. The van der Waals surface area contributed by atoms with Crippen LogP contribution in [0.2, 0.25) is 5.02 Å². The zero-order valence-electron chi connectivity index (χ0n) is 25.2. The second-order valence-corrected chi connectivity index (χ2v) is 10.7. The predicted molar refractivity (Wildman–Crippen MR) is 171 cm³/mol. The van der Waals surface area contributed by atoms with Crippen molar-refractivity contribution < 1.29 is 13.2 Å². The van der Waals surface area contributed by atoms with E-state index in [4.69, 9.17) is 11.6 Å². The Morgan fingerprint density at radius 2 is 1.72 bits per heavy atom. The Morgan fingerprint density at radius 1 is 1.02 bits per heavy atom. The molecule has 230 valence electrons. The summed E-state index contributed by atoms with van der Waals surface area (Å²) in [5.74, 6) is -1.47. The van der Waals surface area contributed by atoms with Gasteiger partial charge in [-0.2, -0.15) is 18.3 Å². The van der Waals surface area contributed by atoms with Gasteiger partial charge >= 0.3 is 6.18 Å². The zero-order chi connectivity index (χ0) is 31.4. The fourth-order valence-electron chi connectivity index (χ4n) is 4.87. The van der Waals surface area contributed by atoms with E-state index in [2.05, 4.69) is 30.3 Å². The van der Waals surface area contributed by atoms with Crippen molar-refractivity contribution in [3.63, 3.8) is 0 Å². The van der Waals surface area contributed by atoms with Gasteiger partial charge in [-0.25, -0.2) is 0 Å². The molecule has 0 saturated heterocycles. The Morgan fingerprint density at radius 3 is 2.30 bits per heavy atom. The molecule has 0 aliphatic rings. The molecule has 1 N–H and O–H groups in total. The summed E-state index contributed by atoms with van der Waals surface area (Å²) < 4.78 is 42.8. The van der Waals surface area contributed by atoms with E-state index in [1.807, 2.05) is 49.5 Å². The lowest BCUT2D eigenvalue weighted by Gasteiger charge is -2.17. The maximum absolute atomic E-state index is 13.2. The highest BCUT2D eigenvalue weighted by molar-refractivity contribution is 6.30. The van der Waals surface area contributed by atoms with Gasteiger partial charge in [-0.3, -0.25) is 9.48 Å². The maximum atomic E-state index is 13.2. The summed E-state index contributed by atoms with van der Waals surface area (Å²) in [5, 5.41) is 8.09. The molecule has 4 rings (SSSR count). The van der Waals surface area contributed by atoms with Crippen molar-refractivity contribution in [2.24, 2.45) is 0 Å². The highest BCUT2D eigenvalue weighted by atomic mass is 35.5. The van der Waals surface area contributed by atoms with Crippen LogP contribution in [0.5, 0.6) is 0 Å². The lowest BCUT2D eigenvalue weighted by Crippen LogP contribution is -2.20. The van der Waals surface area contributed by atoms with Crippen LogP contribution in [0.25, 0.3) is 5.57 Å². The first-order chi connectivity index (χ1) is 20.6. The second-order valence-electron chi connectivity index (χ2n) is 10.3. The number of alkyl halides is 3. The second kappa shape index (κ2) is 16.2. The van der Waals surface area contributed by atoms with Crippen LogP contribution in [0, 0.1) is 0 Å². The van der Waals surface area contributed by atoms with Crippen molar-refractivity contribution in [3.05, 3.63) is 123 Å². The molecule has 0 aliphatic heterocycles. The van der Waals surface area contributed by atoms with Crippen molar-refractivity contribution in [1.82, 2.24) is 14.3 Å². The number of nitrogens with zero attached hydrogens (tertiary/aromatic N) is 3. The standard InChI is InChI=1S/C21H22F3N3O.C13H18ClN/c1-2-5-19(21(22,23)24)18-12-25-27(15-18)14-17-9-7-16(8-10-17)13-26-11-4-3-6-20(26)28;1-4-6-10(5-2)12-9-11(14)7-8-13(12)15-3/h3-4,6-12,15,19H,2,5,13-14H2,1H3;6-9,15H,4-5H2,1-3H3/b;10-6+. The van der Waals surface area contributed by atoms with Gasteiger partial charge in [-0.1, -0.05) is 75.2 Å². The summed E-state index contributed by atoms with van der Waals surface area (Å²) in [7, 11) is 1.94. The molecule has 2 aromatic carbocycles. The quantitative estimate of drug-likeness (QED) is 0.184. The van der Waals surface area contributed by atoms with E-state index in [0.29, 0.717) is 19.5 Å². The van der Waals surface area contributed by atoms with E-state index >= 15 is 0 Å². The molecule has 2 aromatic heterocycles. The summed E-state index contributed by atoms with van der Waals surface area (Å²) in [6.45, 7) is 6.92. The van der Waals surface area contributed by atoms with Crippen LogP contribution in [0.1, 0.15) is 74.6 Å². The number of rotatable bonds is 11. The number of allylic oxidation sites excluding steroid dienone is 2. The van der Waals surface area contributed by atoms with E-state index in [9.17, 15) is 18.0 Å². The van der Waals surface area contributed by atoms with E-state index in [1.54, 1.807) is 29.8 Å². The van der Waals surface area contributed by atoms with Crippen LogP contribution in [0.15, 0.2) is 90.1 Å². The number of anilines is 1. The number of hydrogen-bond acceptors (Lipinski definition) is 3. The van der Waals surface area contributed by atoms with Gasteiger partial charge in [0.05, 0.1) is 25.2 Å². The number of pyridine rings is 1. The maximum Gasteiger partial charge on any atom is 0.395 e. The first-order valence-corrected chi connectivity index (χ1v) is 15.0. The number of aromatic nitrogens is 3. The molecule has 2 heterocycles. The molecule has 1 atom stereocenters. The highest BCUT2D eigenvalue weighted by Gasteiger charge is 2.40. The Balaban J connectivity index is 0.000000285. The van der Waals surface area contributed by atoms with Crippen LogP contribution in [-0.2, 0) is 13.1 Å². The van der Waals surface area contributed by atoms with Gasteiger partial charge in [0.2, 0.25) is 0 Å². The van der Waals surface area contributed by atoms with Crippen LogP contribution in [0.4, 0.5) is 18.9 Å². The van der Waals surface area contributed by atoms with Gasteiger partial charge in [0.15, 0.2) is 0 Å². The molecule has 0 spiro atoms. The smallest absolute Gasteiger partial charge is 0.388 e. The molecule has 0 saturated carbocycles. The predicted octanol–water partition coefficient (Wildman–Crippen LogP) is 9.17. The minimum atomic E-state index is -4.26. The van der Waals surface area contributed by atoms with E-state index in [-0.39, 0.29) is 17.5 Å².